The van der Waals surface area contributed by atoms with Crippen LogP contribution < -0.4 is 15.0 Å². The van der Waals surface area contributed by atoms with Crippen LogP contribution in [0.15, 0.2) is 24.3 Å². The molecule has 0 aliphatic carbocycles. The number of fused-ring (bicyclic) bond motifs is 1. The Bertz CT molecular complexity index is 712. The van der Waals surface area contributed by atoms with E-state index in [4.69, 9.17) is 9.47 Å². The average molecular weight is 342 g/mol. The molecule has 6 nitrogen and oxygen atoms in total. The summed E-state index contributed by atoms with van der Waals surface area (Å²) in [4.78, 5) is 2.38. The van der Waals surface area contributed by atoms with Crippen molar-refractivity contribution < 1.29 is 9.47 Å². The van der Waals surface area contributed by atoms with Crippen molar-refractivity contribution in [3.05, 3.63) is 41.1 Å². The second-order valence-corrected chi connectivity index (χ2v) is 6.79. The molecule has 134 valence electrons. The molecule has 6 heteroatoms. The Kier molecular flexibility index (Phi) is 4.63. The van der Waals surface area contributed by atoms with Gasteiger partial charge in [0.1, 0.15) is 17.7 Å². The van der Waals surface area contributed by atoms with Crippen LogP contribution in [-0.2, 0) is 24.8 Å². The largest absolute Gasteiger partial charge is 0.488 e. The number of aryl methyl sites for hydroxylation is 2. The number of nitrogens with zero attached hydrogens (tertiary/aromatic N) is 3. The lowest BCUT2D eigenvalue weighted by atomic mass is 10.1. The van der Waals surface area contributed by atoms with Gasteiger partial charge in [0.05, 0.1) is 18.9 Å². The lowest BCUT2D eigenvalue weighted by Gasteiger charge is -2.29. The summed E-state index contributed by atoms with van der Waals surface area (Å²) in [5, 5.41) is 8.21. The molecule has 2 aliphatic rings. The first-order valence-electron chi connectivity index (χ1n) is 9.03. The Morgan fingerprint density at radius 3 is 2.84 bits per heavy atom. The van der Waals surface area contributed by atoms with Gasteiger partial charge in [0.25, 0.3) is 0 Å². The van der Waals surface area contributed by atoms with Crippen LogP contribution in [0.4, 0.5) is 5.82 Å². The number of morpholine rings is 1. The molecule has 1 aromatic heterocycles. The molecule has 0 unspecified atom stereocenters. The van der Waals surface area contributed by atoms with Crippen LogP contribution >= 0.6 is 0 Å². The lowest BCUT2D eigenvalue weighted by molar-refractivity contribution is 0.122. The molecule has 2 aliphatic heterocycles. The molecule has 4 rings (SSSR count). The molecule has 0 amide bonds. The Morgan fingerprint density at radius 1 is 1.24 bits per heavy atom. The lowest BCUT2D eigenvalue weighted by Crippen LogP contribution is -2.38. The summed E-state index contributed by atoms with van der Waals surface area (Å²) in [7, 11) is 2.03. The van der Waals surface area contributed by atoms with Crippen LogP contribution in [0, 0.1) is 6.92 Å². The van der Waals surface area contributed by atoms with Gasteiger partial charge in [-0.25, -0.2) is 0 Å². The van der Waals surface area contributed by atoms with Gasteiger partial charge in [0.15, 0.2) is 0 Å². The number of hydrogen-bond acceptors (Lipinski definition) is 5. The minimum atomic E-state index is 0.209. The van der Waals surface area contributed by atoms with Crippen molar-refractivity contribution in [1.82, 2.24) is 15.1 Å². The van der Waals surface area contributed by atoms with E-state index in [0.717, 1.165) is 57.3 Å². The second-order valence-electron chi connectivity index (χ2n) is 6.79. The summed E-state index contributed by atoms with van der Waals surface area (Å²) in [6.07, 6.45) is 1.19. The molecule has 1 N–H and O–H groups in total. The van der Waals surface area contributed by atoms with Gasteiger partial charge < -0.3 is 19.7 Å². The first kappa shape index (κ1) is 16.4. The van der Waals surface area contributed by atoms with Gasteiger partial charge in [-0.15, -0.1) is 0 Å². The van der Waals surface area contributed by atoms with Gasteiger partial charge in [-0.2, -0.15) is 5.10 Å². The molecular weight excluding hydrogens is 316 g/mol. The standard InChI is InChI=1S/C19H26N4O2/c1-14-17(19(22(2)21-14)23-7-9-24-10-8-23)13-20-12-16-11-15-5-3-4-6-18(15)25-16/h3-6,16,20H,7-13H2,1-2H3/t16-/m0/s1. The van der Waals surface area contributed by atoms with E-state index in [2.05, 4.69) is 40.4 Å². The Morgan fingerprint density at radius 2 is 2.04 bits per heavy atom. The molecule has 0 spiro atoms. The van der Waals surface area contributed by atoms with Crippen molar-refractivity contribution in [3.8, 4) is 5.75 Å². The van der Waals surface area contributed by atoms with Crippen molar-refractivity contribution in [2.75, 3.05) is 37.7 Å². The minimum Gasteiger partial charge on any atom is -0.488 e. The molecule has 1 aromatic carbocycles. The van der Waals surface area contributed by atoms with E-state index >= 15 is 0 Å². The summed E-state index contributed by atoms with van der Waals surface area (Å²) in [6.45, 7) is 7.15. The van der Waals surface area contributed by atoms with Gasteiger partial charge in [-0.1, -0.05) is 18.2 Å². The molecule has 0 saturated carbocycles. The minimum absolute atomic E-state index is 0.209. The Labute approximate surface area is 148 Å². The predicted octanol–water partition coefficient (Wildman–Crippen LogP) is 1.66. The topological polar surface area (TPSA) is 51.5 Å². The molecule has 25 heavy (non-hydrogen) atoms. The van der Waals surface area contributed by atoms with E-state index in [9.17, 15) is 0 Å². The fraction of sp³-hybridized carbons (Fsp3) is 0.526. The number of rotatable bonds is 5. The number of anilines is 1. The van der Waals surface area contributed by atoms with Gasteiger partial charge in [0, 0.05) is 45.2 Å². The molecule has 0 bridgehead atoms. The fourth-order valence-corrected chi connectivity index (χ4v) is 3.79. The first-order chi connectivity index (χ1) is 12.2. The highest BCUT2D eigenvalue weighted by atomic mass is 16.5. The third-order valence-corrected chi connectivity index (χ3v) is 5.01. The third kappa shape index (κ3) is 3.37. The van der Waals surface area contributed by atoms with Crippen molar-refractivity contribution in [2.45, 2.75) is 26.0 Å². The summed E-state index contributed by atoms with van der Waals surface area (Å²) in [5.74, 6) is 2.24. The average Bonchev–Trinajstić information content (AvgIpc) is 3.16. The number of nitrogens with one attached hydrogen (secondary N) is 1. The van der Waals surface area contributed by atoms with Crippen LogP contribution in [0.2, 0.25) is 0 Å². The van der Waals surface area contributed by atoms with E-state index in [1.54, 1.807) is 0 Å². The van der Waals surface area contributed by atoms with Crippen LogP contribution in [0.3, 0.4) is 0 Å². The maximum atomic E-state index is 6.02. The van der Waals surface area contributed by atoms with Crippen molar-refractivity contribution in [2.24, 2.45) is 7.05 Å². The van der Waals surface area contributed by atoms with Gasteiger partial charge in [-0.05, 0) is 18.6 Å². The van der Waals surface area contributed by atoms with Crippen LogP contribution in [-0.4, -0.2) is 48.7 Å². The van der Waals surface area contributed by atoms with E-state index in [1.807, 2.05) is 17.8 Å². The van der Waals surface area contributed by atoms with E-state index in [0.29, 0.717) is 0 Å². The number of hydrogen-bond donors (Lipinski definition) is 1. The third-order valence-electron chi connectivity index (χ3n) is 5.01. The van der Waals surface area contributed by atoms with Gasteiger partial charge in [0.2, 0.25) is 0 Å². The fourth-order valence-electron chi connectivity index (χ4n) is 3.79. The molecule has 1 atom stereocenters. The van der Waals surface area contributed by atoms with E-state index in [-0.39, 0.29) is 6.10 Å². The highest BCUT2D eigenvalue weighted by molar-refractivity contribution is 5.50. The molecule has 1 fully saturated rings. The predicted molar refractivity (Wildman–Crippen MR) is 97.2 cm³/mol. The summed E-state index contributed by atoms with van der Waals surface area (Å²) < 4.78 is 13.5. The highest BCUT2D eigenvalue weighted by Gasteiger charge is 2.24. The smallest absolute Gasteiger partial charge is 0.131 e. The normalized spacial score (nSPS) is 19.8. The quantitative estimate of drug-likeness (QED) is 0.896. The summed E-state index contributed by atoms with van der Waals surface area (Å²) in [6, 6.07) is 8.31. The molecule has 3 heterocycles. The number of ether oxygens (including phenoxy) is 2. The maximum absolute atomic E-state index is 6.02. The zero-order valence-corrected chi connectivity index (χ0v) is 15.0. The Hall–Kier alpha value is -2.05. The first-order valence-corrected chi connectivity index (χ1v) is 9.03. The van der Waals surface area contributed by atoms with Crippen molar-refractivity contribution >= 4 is 5.82 Å². The molecule has 2 aromatic rings. The second kappa shape index (κ2) is 7.06. The number of para-hydroxylation sites is 1. The highest BCUT2D eigenvalue weighted by Crippen LogP contribution is 2.28. The van der Waals surface area contributed by atoms with Crippen LogP contribution in [0.1, 0.15) is 16.8 Å². The Balaban J connectivity index is 1.38. The molecule has 1 saturated heterocycles. The molecular formula is C19H26N4O2. The van der Waals surface area contributed by atoms with Crippen molar-refractivity contribution in [1.29, 1.82) is 0 Å². The van der Waals surface area contributed by atoms with Gasteiger partial charge >= 0.3 is 0 Å². The number of benzene rings is 1. The zero-order chi connectivity index (χ0) is 17.2. The van der Waals surface area contributed by atoms with Crippen LogP contribution in [0.5, 0.6) is 5.75 Å². The van der Waals surface area contributed by atoms with Gasteiger partial charge in [-0.3, -0.25) is 4.68 Å². The van der Waals surface area contributed by atoms with Crippen molar-refractivity contribution in [3.63, 3.8) is 0 Å². The monoisotopic (exact) mass is 342 g/mol. The maximum Gasteiger partial charge on any atom is 0.131 e. The van der Waals surface area contributed by atoms with Crippen LogP contribution in [0.25, 0.3) is 0 Å². The zero-order valence-electron chi connectivity index (χ0n) is 15.0. The summed E-state index contributed by atoms with van der Waals surface area (Å²) >= 11 is 0. The molecule has 0 radical (unpaired) electrons. The number of aromatic nitrogens is 2. The van der Waals surface area contributed by atoms with E-state index in [1.165, 1.54) is 16.9 Å². The SMILES string of the molecule is Cc1nn(C)c(N2CCOCC2)c1CNC[C@@H]1Cc2ccccc2O1. The summed E-state index contributed by atoms with van der Waals surface area (Å²) in [5.41, 5.74) is 3.67. The van der Waals surface area contributed by atoms with E-state index < -0.39 is 0 Å².